The first kappa shape index (κ1) is 9.08. The second-order valence-electron chi connectivity index (χ2n) is 2.12. The topological polar surface area (TPSA) is 24.1 Å². The minimum Gasteiger partial charge on any atom is -0.392 e. The quantitative estimate of drug-likeness (QED) is 0.542. The number of allylic oxidation sites excluding steroid dienone is 1. The third kappa shape index (κ3) is 5.22. The normalized spacial score (nSPS) is 8.50. The first-order valence-electron chi connectivity index (χ1n) is 3.51. The molecule has 0 bridgehead atoms. The van der Waals surface area contributed by atoms with Gasteiger partial charge in [0.1, 0.15) is 0 Å². The third-order valence-electron chi connectivity index (χ3n) is 1.30. The van der Waals surface area contributed by atoms with Crippen LogP contribution in [0.15, 0.2) is 25.1 Å². The third-order valence-corrected chi connectivity index (χ3v) is 1.30. The van der Waals surface area contributed by atoms with Crippen molar-refractivity contribution in [3.8, 4) is 0 Å². The number of hydrogen-bond acceptors (Lipinski definition) is 2. The van der Waals surface area contributed by atoms with E-state index in [2.05, 4.69) is 23.8 Å². The lowest BCUT2D eigenvalue weighted by molar-refractivity contribution is 0.721. The maximum Gasteiger partial charge on any atom is 0.0144 e. The van der Waals surface area contributed by atoms with E-state index in [1.807, 2.05) is 7.05 Å². The monoisotopic (exact) mass is 140 g/mol. The van der Waals surface area contributed by atoms with Crippen LogP contribution in [-0.2, 0) is 0 Å². The average molecular weight is 140 g/mol. The molecular weight excluding hydrogens is 124 g/mol. The molecular formula is C8H16N2. The molecule has 0 radical (unpaired) electrons. The Labute approximate surface area is 63.0 Å². The summed E-state index contributed by atoms with van der Waals surface area (Å²) in [5, 5.41) is 6.02. The van der Waals surface area contributed by atoms with Gasteiger partial charge in [-0.1, -0.05) is 13.2 Å². The smallest absolute Gasteiger partial charge is 0.0144 e. The van der Waals surface area contributed by atoms with Crippen molar-refractivity contribution in [2.75, 3.05) is 13.6 Å². The predicted octanol–water partition coefficient (Wildman–Crippen LogP) is 1.23. The maximum absolute atomic E-state index is 3.81. The summed E-state index contributed by atoms with van der Waals surface area (Å²) in [5.74, 6) is 0. The second kappa shape index (κ2) is 6.20. The molecule has 0 spiro atoms. The van der Waals surface area contributed by atoms with E-state index >= 15 is 0 Å². The van der Waals surface area contributed by atoms with Crippen LogP contribution >= 0.6 is 0 Å². The second-order valence-corrected chi connectivity index (χ2v) is 2.12. The Morgan fingerprint density at radius 1 is 1.60 bits per heavy atom. The molecule has 0 aromatic rings. The molecule has 0 saturated carbocycles. The molecule has 0 rings (SSSR count). The van der Waals surface area contributed by atoms with Crippen LogP contribution < -0.4 is 10.6 Å². The lowest BCUT2D eigenvalue weighted by Crippen LogP contribution is -2.09. The molecule has 0 amide bonds. The van der Waals surface area contributed by atoms with Gasteiger partial charge in [-0.15, -0.1) is 0 Å². The number of nitrogens with one attached hydrogen (secondary N) is 2. The van der Waals surface area contributed by atoms with E-state index in [9.17, 15) is 0 Å². The highest BCUT2D eigenvalue weighted by Crippen LogP contribution is 1.94. The van der Waals surface area contributed by atoms with Gasteiger partial charge in [-0.05, 0) is 19.0 Å². The predicted molar refractivity (Wildman–Crippen MR) is 45.6 cm³/mol. The molecule has 0 aliphatic heterocycles. The van der Waals surface area contributed by atoms with Crippen molar-refractivity contribution in [2.24, 2.45) is 0 Å². The lowest BCUT2D eigenvalue weighted by Gasteiger charge is -2.03. The molecule has 0 aliphatic carbocycles. The Morgan fingerprint density at radius 2 is 2.30 bits per heavy atom. The zero-order valence-electron chi connectivity index (χ0n) is 6.61. The standard InChI is InChI=1S/C8H16N2/c1-4-10-7-5-6-8(2)9-3/h4,9-10H,1-2,5-7H2,3H3. The molecule has 0 aliphatic rings. The van der Waals surface area contributed by atoms with Crippen molar-refractivity contribution in [3.05, 3.63) is 25.1 Å². The van der Waals surface area contributed by atoms with Crippen molar-refractivity contribution in [3.63, 3.8) is 0 Å². The highest BCUT2D eigenvalue weighted by Gasteiger charge is 1.87. The molecule has 2 N–H and O–H groups in total. The zero-order valence-corrected chi connectivity index (χ0v) is 6.61. The summed E-state index contributed by atoms with van der Waals surface area (Å²) in [5.41, 5.74) is 1.09. The first-order chi connectivity index (χ1) is 4.81. The van der Waals surface area contributed by atoms with Crippen LogP contribution in [0.5, 0.6) is 0 Å². The molecule has 0 heterocycles. The molecule has 0 fully saturated rings. The van der Waals surface area contributed by atoms with Crippen LogP contribution in [0.4, 0.5) is 0 Å². The Hall–Kier alpha value is -0.920. The minimum absolute atomic E-state index is 0.976. The Bertz CT molecular complexity index is 108. The van der Waals surface area contributed by atoms with Gasteiger partial charge >= 0.3 is 0 Å². The van der Waals surface area contributed by atoms with Gasteiger partial charge in [0.2, 0.25) is 0 Å². The summed E-state index contributed by atoms with van der Waals surface area (Å²) in [7, 11) is 1.89. The summed E-state index contributed by atoms with van der Waals surface area (Å²) < 4.78 is 0. The van der Waals surface area contributed by atoms with Crippen LogP contribution in [0.2, 0.25) is 0 Å². The van der Waals surface area contributed by atoms with Crippen molar-refractivity contribution in [1.82, 2.24) is 10.6 Å². The first-order valence-corrected chi connectivity index (χ1v) is 3.51. The van der Waals surface area contributed by atoms with E-state index in [1.165, 1.54) is 0 Å². The van der Waals surface area contributed by atoms with Crippen LogP contribution in [-0.4, -0.2) is 13.6 Å². The fraction of sp³-hybridized carbons (Fsp3) is 0.500. The van der Waals surface area contributed by atoms with Gasteiger partial charge in [0, 0.05) is 19.3 Å². The van der Waals surface area contributed by atoms with E-state index in [1.54, 1.807) is 6.20 Å². The summed E-state index contributed by atoms with van der Waals surface area (Å²) in [6.45, 7) is 8.33. The van der Waals surface area contributed by atoms with Crippen molar-refractivity contribution in [2.45, 2.75) is 12.8 Å². The van der Waals surface area contributed by atoms with Gasteiger partial charge in [0.15, 0.2) is 0 Å². The Morgan fingerprint density at radius 3 is 2.80 bits per heavy atom. The molecule has 0 unspecified atom stereocenters. The summed E-state index contributed by atoms with van der Waals surface area (Å²) in [6, 6.07) is 0. The van der Waals surface area contributed by atoms with Crippen LogP contribution in [0, 0.1) is 0 Å². The molecule has 58 valence electrons. The van der Waals surface area contributed by atoms with Gasteiger partial charge in [-0.3, -0.25) is 0 Å². The largest absolute Gasteiger partial charge is 0.392 e. The van der Waals surface area contributed by atoms with E-state index in [-0.39, 0.29) is 0 Å². The Balaban J connectivity index is 3.03. The molecule has 2 heteroatoms. The highest BCUT2D eigenvalue weighted by molar-refractivity contribution is 4.88. The highest BCUT2D eigenvalue weighted by atomic mass is 14.8. The van der Waals surface area contributed by atoms with E-state index in [0.29, 0.717) is 0 Å². The molecule has 10 heavy (non-hydrogen) atoms. The Kier molecular flexibility index (Phi) is 5.63. The van der Waals surface area contributed by atoms with Gasteiger partial charge in [0.05, 0.1) is 0 Å². The van der Waals surface area contributed by atoms with Crippen LogP contribution in [0.3, 0.4) is 0 Å². The fourth-order valence-electron chi connectivity index (χ4n) is 0.631. The summed E-state index contributed by atoms with van der Waals surface area (Å²) >= 11 is 0. The number of rotatable bonds is 6. The van der Waals surface area contributed by atoms with Crippen molar-refractivity contribution in [1.29, 1.82) is 0 Å². The minimum atomic E-state index is 0.976. The summed E-state index contributed by atoms with van der Waals surface area (Å²) in [4.78, 5) is 0. The van der Waals surface area contributed by atoms with Crippen LogP contribution in [0.25, 0.3) is 0 Å². The molecule has 0 aromatic carbocycles. The van der Waals surface area contributed by atoms with E-state index in [0.717, 1.165) is 25.1 Å². The van der Waals surface area contributed by atoms with Crippen molar-refractivity contribution < 1.29 is 0 Å². The average Bonchev–Trinajstić information content (AvgIpc) is 1.98. The maximum atomic E-state index is 3.81. The molecule has 0 aromatic heterocycles. The van der Waals surface area contributed by atoms with Crippen molar-refractivity contribution >= 4 is 0 Å². The van der Waals surface area contributed by atoms with E-state index in [4.69, 9.17) is 0 Å². The fourth-order valence-corrected chi connectivity index (χ4v) is 0.631. The number of hydrogen-bond donors (Lipinski definition) is 2. The zero-order chi connectivity index (χ0) is 7.82. The van der Waals surface area contributed by atoms with Gasteiger partial charge in [-0.2, -0.15) is 0 Å². The SMILES string of the molecule is C=CNCCCC(=C)NC. The van der Waals surface area contributed by atoms with Gasteiger partial charge < -0.3 is 10.6 Å². The van der Waals surface area contributed by atoms with Gasteiger partial charge in [0.25, 0.3) is 0 Å². The van der Waals surface area contributed by atoms with Gasteiger partial charge in [-0.25, -0.2) is 0 Å². The lowest BCUT2D eigenvalue weighted by atomic mass is 10.2. The van der Waals surface area contributed by atoms with Crippen LogP contribution in [0.1, 0.15) is 12.8 Å². The molecule has 0 saturated heterocycles. The molecule has 2 nitrogen and oxygen atoms in total. The summed E-state index contributed by atoms with van der Waals surface area (Å²) in [6.07, 6.45) is 3.84. The molecule has 0 atom stereocenters. The van der Waals surface area contributed by atoms with E-state index < -0.39 is 0 Å².